The Kier molecular flexibility index (Phi) is 5.73. The molecule has 1 heterocycles. The standard InChI is InChI=1S/C25H19FN4O3/c26-19-12-15(8-11-18(19)25(31)32)21-13-20(27)22(24(28)29)23(30-21)14-6-9-17(10-7-14)33-16-4-2-1-3-5-16/h1-13H,(H2,27,30)(H3,28,29)(H,31,32). The van der Waals surface area contributed by atoms with Crippen molar-refractivity contribution in [2.45, 2.75) is 0 Å². The molecular weight excluding hydrogens is 423 g/mol. The van der Waals surface area contributed by atoms with Gasteiger partial charge in [0.15, 0.2) is 0 Å². The molecule has 0 fully saturated rings. The summed E-state index contributed by atoms with van der Waals surface area (Å²) in [4.78, 5) is 15.7. The molecule has 0 amide bonds. The van der Waals surface area contributed by atoms with E-state index in [1.54, 1.807) is 24.3 Å². The number of halogens is 1. The first kappa shape index (κ1) is 21.5. The van der Waals surface area contributed by atoms with Crippen molar-refractivity contribution in [3.05, 3.63) is 95.8 Å². The van der Waals surface area contributed by atoms with Gasteiger partial charge in [0, 0.05) is 16.8 Å². The summed E-state index contributed by atoms with van der Waals surface area (Å²) in [6.07, 6.45) is 0. The summed E-state index contributed by atoms with van der Waals surface area (Å²) in [5.41, 5.74) is 13.5. The van der Waals surface area contributed by atoms with E-state index in [0.717, 1.165) is 6.07 Å². The number of nitrogens with zero attached hydrogens (tertiary/aromatic N) is 1. The van der Waals surface area contributed by atoms with Gasteiger partial charge in [-0.25, -0.2) is 14.2 Å². The predicted octanol–water partition coefficient (Wildman–Crippen LogP) is 4.91. The van der Waals surface area contributed by atoms with Gasteiger partial charge in [-0.05, 0) is 54.6 Å². The third-order valence-corrected chi connectivity index (χ3v) is 4.92. The van der Waals surface area contributed by atoms with Crippen LogP contribution in [0.1, 0.15) is 15.9 Å². The van der Waals surface area contributed by atoms with Crippen LogP contribution in [0.25, 0.3) is 22.5 Å². The summed E-state index contributed by atoms with van der Waals surface area (Å²) >= 11 is 0. The molecule has 0 radical (unpaired) electrons. The molecule has 1 aromatic heterocycles. The summed E-state index contributed by atoms with van der Waals surface area (Å²) in [7, 11) is 0. The fourth-order valence-electron chi connectivity index (χ4n) is 3.36. The molecule has 0 saturated heterocycles. The zero-order valence-electron chi connectivity index (χ0n) is 17.2. The fourth-order valence-corrected chi connectivity index (χ4v) is 3.36. The van der Waals surface area contributed by atoms with Crippen LogP contribution in [0.3, 0.4) is 0 Å². The molecule has 0 aliphatic heterocycles. The summed E-state index contributed by atoms with van der Waals surface area (Å²) in [6.45, 7) is 0. The van der Waals surface area contributed by atoms with Crippen molar-refractivity contribution in [1.29, 1.82) is 5.41 Å². The van der Waals surface area contributed by atoms with E-state index >= 15 is 0 Å². The number of carboxylic acid groups (broad SMARTS) is 1. The van der Waals surface area contributed by atoms with Gasteiger partial charge in [0.25, 0.3) is 0 Å². The lowest BCUT2D eigenvalue weighted by atomic mass is 10.00. The molecule has 33 heavy (non-hydrogen) atoms. The minimum Gasteiger partial charge on any atom is -0.478 e. The van der Waals surface area contributed by atoms with Crippen LogP contribution in [0, 0.1) is 11.2 Å². The lowest BCUT2D eigenvalue weighted by Gasteiger charge is -2.14. The number of benzene rings is 3. The minimum atomic E-state index is -1.36. The number of hydrogen-bond donors (Lipinski definition) is 4. The Labute approximate surface area is 188 Å². The normalized spacial score (nSPS) is 10.6. The number of aromatic carboxylic acids is 1. The monoisotopic (exact) mass is 442 g/mol. The Morgan fingerprint density at radius 3 is 2.18 bits per heavy atom. The number of nitrogen functional groups attached to an aromatic ring is 2. The van der Waals surface area contributed by atoms with Gasteiger partial charge >= 0.3 is 5.97 Å². The second-order valence-corrected chi connectivity index (χ2v) is 7.17. The number of nitrogens with one attached hydrogen (secondary N) is 1. The van der Waals surface area contributed by atoms with E-state index < -0.39 is 17.3 Å². The largest absolute Gasteiger partial charge is 0.478 e. The predicted molar refractivity (Wildman–Crippen MR) is 124 cm³/mol. The van der Waals surface area contributed by atoms with E-state index in [9.17, 15) is 9.18 Å². The molecule has 4 aromatic rings. The van der Waals surface area contributed by atoms with E-state index in [1.165, 1.54) is 18.2 Å². The average molecular weight is 442 g/mol. The molecule has 0 aliphatic rings. The average Bonchev–Trinajstić information content (AvgIpc) is 2.79. The number of amidine groups is 1. The third kappa shape index (κ3) is 4.49. The van der Waals surface area contributed by atoms with E-state index in [-0.39, 0.29) is 17.1 Å². The molecule has 0 aliphatic carbocycles. The molecule has 6 N–H and O–H groups in total. The van der Waals surface area contributed by atoms with Crippen molar-refractivity contribution < 1.29 is 19.0 Å². The van der Waals surface area contributed by atoms with Gasteiger partial charge in [0.1, 0.15) is 23.2 Å². The first-order valence-electron chi connectivity index (χ1n) is 9.85. The quantitative estimate of drug-likeness (QED) is 0.247. The van der Waals surface area contributed by atoms with Crippen LogP contribution >= 0.6 is 0 Å². The zero-order chi connectivity index (χ0) is 23.5. The summed E-state index contributed by atoms with van der Waals surface area (Å²) in [5.74, 6) is -1.23. The lowest BCUT2D eigenvalue weighted by Crippen LogP contribution is -2.16. The maximum atomic E-state index is 14.2. The first-order chi connectivity index (χ1) is 15.8. The van der Waals surface area contributed by atoms with Crippen molar-refractivity contribution in [1.82, 2.24) is 4.98 Å². The Bertz CT molecular complexity index is 1360. The maximum absolute atomic E-state index is 14.2. The fraction of sp³-hybridized carbons (Fsp3) is 0. The zero-order valence-corrected chi connectivity index (χ0v) is 17.2. The van der Waals surface area contributed by atoms with E-state index in [1.807, 2.05) is 30.3 Å². The molecule has 0 unspecified atom stereocenters. The molecule has 4 rings (SSSR count). The number of nitrogens with two attached hydrogens (primary N) is 2. The van der Waals surface area contributed by atoms with Gasteiger partial charge in [0.05, 0.1) is 22.5 Å². The molecule has 7 nitrogen and oxygen atoms in total. The second-order valence-electron chi connectivity index (χ2n) is 7.17. The van der Waals surface area contributed by atoms with E-state index in [0.29, 0.717) is 34.0 Å². The Morgan fingerprint density at radius 2 is 1.58 bits per heavy atom. The number of carboxylic acids is 1. The molecule has 0 spiro atoms. The number of anilines is 1. The number of pyridine rings is 1. The Hall–Kier alpha value is -4.72. The number of carbonyl (C=O) groups is 1. The smallest absolute Gasteiger partial charge is 0.338 e. The molecule has 0 atom stereocenters. The SMILES string of the molecule is N=C(N)c1c(N)cc(-c2ccc(C(=O)O)c(F)c2)nc1-c1ccc(Oc2ccccc2)cc1. The van der Waals surface area contributed by atoms with Crippen molar-refractivity contribution in [2.24, 2.45) is 5.73 Å². The highest BCUT2D eigenvalue weighted by molar-refractivity contribution is 6.06. The van der Waals surface area contributed by atoms with Crippen LogP contribution in [0.4, 0.5) is 10.1 Å². The van der Waals surface area contributed by atoms with Gasteiger partial charge in [0.2, 0.25) is 0 Å². The first-order valence-corrected chi connectivity index (χ1v) is 9.85. The Morgan fingerprint density at radius 1 is 0.939 bits per heavy atom. The second kappa shape index (κ2) is 8.80. The minimum absolute atomic E-state index is 0.190. The molecule has 164 valence electrons. The van der Waals surface area contributed by atoms with Crippen molar-refractivity contribution >= 4 is 17.5 Å². The topological polar surface area (TPSA) is 135 Å². The molecule has 3 aromatic carbocycles. The van der Waals surface area contributed by atoms with Gasteiger partial charge in [-0.3, -0.25) is 5.41 Å². The number of ether oxygens (including phenoxy) is 1. The van der Waals surface area contributed by atoms with Crippen LogP contribution < -0.4 is 16.2 Å². The highest BCUT2D eigenvalue weighted by Crippen LogP contribution is 2.32. The van der Waals surface area contributed by atoms with E-state index in [4.69, 9.17) is 26.7 Å². The Balaban J connectivity index is 1.76. The van der Waals surface area contributed by atoms with Crippen LogP contribution in [0.15, 0.2) is 78.9 Å². The highest BCUT2D eigenvalue weighted by Gasteiger charge is 2.18. The van der Waals surface area contributed by atoms with Crippen LogP contribution in [-0.4, -0.2) is 21.9 Å². The number of para-hydroxylation sites is 1. The van der Waals surface area contributed by atoms with Gasteiger partial charge in [-0.2, -0.15) is 0 Å². The van der Waals surface area contributed by atoms with Crippen molar-refractivity contribution in [3.8, 4) is 34.0 Å². The number of rotatable bonds is 6. The number of aromatic nitrogens is 1. The van der Waals surface area contributed by atoms with E-state index in [2.05, 4.69) is 4.98 Å². The lowest BCUT2D eigenvalue weighted by molar-refractivity contribution is 0.0692. The van der Waals surface area contributed by atoms with Gasteiger partial charge in [-0.1, -0.05) is 24.3 Å². The molecule has 0 saturated carbocycles. The van der Waals surface area contributed by atoms with Crippen LogP contribution in [-0.2, 0) is 0 Å². The summed E-state index contributed by atoms with van der Waals surface area (Å²) in [6, 6.07) is 21.5. The third-order valence-electron chi connectivity index (χ3n) is 4.92. The summed E-state index contributed by atoms with van der Waals surface area (Å²) < 4.78 is 20.0. The molecular formula is C25H19FN4O3. The van der Waals surface area contributed by atoms with Crippen molar-refractivity contribution in [2.75, 3.05) is 5.73 Å². The summed E-state index contributed by atoms with van der Waals surface area (Å²) in [5, 5.41) is 17.0. The van der Waals surface area contributed by atoms with Crippen molar-refractivity contribution in [3.63, 3.8) is 0 Å². The van der Waals surface area contributed by atoms with Crippen LogP contribution in [0.2, 0.25) is 0 Å². The number of hydrogen-bond acceptors (Lipinski definition) is 5. The van der Waals surface area contributed by atoms with Gasteiger partial charge in [-0.15, -0.1) is 0 Å². The highest BCUT2D eigenvalue weighted by atomic mass is 19.1. The van der Waals surface area contributed by atoms with Crippen LogP contribution in [0.5, 0.6) is 11.5 Å². The van der Waals surface area contributed by atoms with Gasteiger partial charge < -0.3 is 21.3 Å². The molecule has 0 bridgehead atoms. The molecule has 8 heteroatoms. The maximum Gasteiger partial charge on any atom is 0.338 e.